The second-order valence-corrected chi connectivity index (χ2v) is 5.66. The highest BCUT2D eigenvalue weighted by atomic mass is 79.9. The molecule has 1 N–H and O–H groups in total. The maximum Gasteiger partial charge on any atom is 0.0708 e. The van der Waals surface area contributed by atoms with Crippen LogP contribution in [-0.4, -0.2) is 16.9 Å². The largest absolute Gasteiger partial charge is 0.313 e. The van der Waals surface area contributed by atoms with Crippen LogP contribution in [0.3, 0.4) is 0 Å². The Morgan fingerprint density at radius 2 is 2.00 bits per heavy atom. The summed E-state index contributed by atoms with van der Waals surface area (Å²) < 4.78 is 0. The predicted octanol–water partition coefficient (Wildman–Crippen LogP) is 4.20. The summed E-state index contributed by atoms with van der Waals surface area (Å²) in [6, 6.07) is 10.6. The van der Waals surface area contributed by atoms with Gasteiger partial charge in [0.25, 0.3) is 0 Å². The number of hydrogen-bond acceptors (Lipinski definition) is 2. The van der Waals surface area contributed by atoms with Crippen LogP contribution in [0.25, 0.3) is 10.9 Å². The molecule has 0 aliphatic heterocycles. The third-order valence-electron chi connectivity index (χ3n) is 3.23. The molecule has 102 valence electrons. The number of rotatable bonds is 7. The number of pyridine rings is 1. The van der Waals surface area contributed by atoms with Crippen LogP contribution >= 0.6 is 15.9 Å². The maximum absolute atomic E-state index is 4.57. The zero-order valence-corrected chi connectivity index (χ0v) is 13.0. The number of benzene rings is 1. The minimum absolute atomic E-state index is 0.929. The van der Waals surface area contributed by atoms with Crippen molar-refractivity contribution in [2.45, 2.75) is 32.7 Å². The van der Waals surface area contributed by atoms with Crippen LogP contribution in [-0.2, 0) is 6.54 Å². The van der Waals surface area contributed by atoms with Gasteiger partial charge in [-0.2, -0.15) is 0 Å². The number of unbranched alkanes of at least 4 members (excludes halogenated alkanes) is 2. The van der Waals surface area contributed by atoms with Crippen molar-refractivity contribution < 1.29 is 0 Å². The third-order valence-corrected chi connectivity index (χ3v) is 3.79. The van der Waals surface area contributed by atoms with Crippen LogP contribution in [0.4, 0.5) is 0 Å². The molecule has 0 fully saturated rings. The van der Waals surface area contributed by atoms with Crippen LogP contribution in [0.5, 0.6) is 0 Å². The van der Waals surface area contributed by atoms with E-state index in [4.69, 9.17) is 0 Å². The number of halogens is 1. The fourth-order valence-electron chi connectivity index (χ4n) is 2.29. The van der Waals surface area contributed by atoms with Crippen LogP contribution in [0.15, 0.2) is 30.3 Å². The average molecular weight is 321 g/mol. The second kappa shape index (κ2) is 7.61. The molecule has 0 aliphatic carbocycles. The van der Waals surface area contributed by atoms with Crippen LogP contribution < -0.4 is 5.32 Å². The van der Waals surface area contributed by atoms with E-state index in [2.05, 4.69) is 57.4 Å². The molecular formula is C16H21BrN2. The zero-order chi connectivity index (χ0) is 13.5. The molecule has 19 heavy (non-hydrogen) atoms. The number of alkyl halides is 1. The molecule has 1 aromatic carbocycles. The predicted molar refractivity (Wildman–Crippen MR) is 85.8 cm³/mol. The quantitative estimate of drug-likeness (QED) is 0.611. The van der Waals surface area contributed by atoms with Crippen LogP contribution in [0, 0.1) is 6.92 Å². The first-order valence-electron chi connectivity index (χ1n) is 6.93. The Balaban J connectivity index is 1.96. The summed E-state index contributed by atoms with van der Waals surface area (Å²) in [6.07, 6.45) is 3.79. The lowest BCUT2D eigenvalue weighted by Gasteiger charge is -2.09. The fourth-order valence-corrected chi connectivity index (χ4v) is 2.68. The van der Waals surface area contributed by atoms with E-state index in [1.807, 2.05) is 6.07 Å². The number of nitrogens with one attached hydrogen (secondary N) is 1. The normalized spacial score (nSPS) is 11.1. The van der Waals surface area contributed by atoms with Crippen molar-refractivity contribution in [2.75, 3.05) is 11.9 Å². The van der Waals surface area contributed by atoms with Gasteiger partial charge in [0.05, 0.1) is 5.52 Å². The number of nitrogens with zero attached hydrogens (tertiary/aromatic N) is 1. The van der Waals surface area contributed by atoms with Gasteiger partial charge in [0.15, 0.2) is 0 Å². The highest BCUT2D eigenvalue weighted by molar-refractivity contribution is 9.09. The van der Waals surface area contributed by atoms with Crippen molar-refractivity contribution in [3.05, 3.63) is 41.6 Å². The topological polar surface area (TPSA) is 24.9 Å². The molecule has 1 heterocycles. The molecule has 2 rings (SSSR count). The average Bonchev–Trinajstić information content (AvgIpc) is 2.42. The van der Waals surface area contributed by atoms with Crippen molar-refractivity contribution in [2.24, 2.45) is 0 Å². The number of fused-ring (bicyclic) bond motifs is 1. The second-order valence-electron chi connectivity index (χ2n) is 4.87. The van der Waals surface area contributed by atoms with E-state index >= 15 is 0 Å². The molecule has 0 saturated carbocycles. The molecule has 2 nitrogen and oxygen atoms in total. The molecule has 0 radical (unpaired) electrons. The van der Waals surface area contributed by atoms with Crippen molar-refractivity contribution in [1.29, 1.82) is 0 Å². The van der Waals surface area contributed by atoms with Gasteiger partial charge in [-0.3, -0.25) is 4.98 Å². The Hall–Kier alpha value is -0.930. The molecule has 0 unspecified atom stereocenters. The van der Waals surface area contributed by atoms with E-state index in [1.165, 1.54) is 30.2 Å². The maximum atomic E-state index is 4.57. The lowest BCUT2D eigenvalue weighted by molar-refractivity contribution is 0.620. The van der Waals surface area contributed by atoms with E-state index in [0.717, 1.165) is 29.6 Å². The SMILES string of the molecule is Cc1cc(CNCCCCCBr)c2ccccc2n1. The fraction of sp³-hybridized carbons (Fsp3) is 0.438. The Bertz CT molecular complexity index is 525. The first-order chi connectivity index (χ1) is 9.31. The Morgan fingerprint density at radius 3 is 2.84 bits per heavy atom. The van der Waals surface area contributed by atoms with E-state index in [1.54, 1.807) is 0 Å². The van der Waals surface area contributed by atoms with Crippen molar-refractivity contribution in [3.63, 3.8) is 0 Å². The van der Waals surface area contributed by atoms with E-state index in [0.29, 0.717) is 0 Å². The van der Waals surface area contributed by atoms with Crippen LogP contribution in [0.2, 0.25) is 0 Å². The smallest absolute Gasteiger partial charge is 0.0708 e. The first kappa shape index (κ1) is 14.5. The van der Waals surface area contributed by atoms with Gasteiger partial charge in [-0.15, -0.1) is 0 Å². The summed E-state index contributed by atoms with van der Waals surface area (Å²) in [5.41, 5.74) is 3.54. The summed E-state index contributed by atoms with van der Waals surface area (Å²) in [5.74, 6) is 0. The molecule has 0 bridgehead atoms. The number of para-hydroxylation sites is 1. The van der Waals surface area contributed by atoms with Gasteiger partial charge < -0.3 is 5.32 Å². The van der Waals surface area contributed by atoms with E-state index in [9.17, 15) is 0 Å². The molecule has 0 spiro atoms. The number of aromatic nitrogens is 1. The highest BCUT2D eigenvalue weighted by Crippen LogP contribution is 2.17. The first-order valence-corrected chi connectivity index (χ1v) is 8.05. The van der Waals surface area contributed by atoms with Gasteiger partial charge in [0.2, 0.25) is 0 Å². The Kier molecular flexibility index (Phi) is 5.80. The minimum Gasteiger partial charge on any atom is -0.313 e. The van der Waals surface area contributed by atoms with E-state index in [-0.39, 0.29) is 0 Å². The zero-order valence-electron chi connectivity index (χ0n) is 11.5. The lowest BCUT2D eigenvalue weighted by atomic mass is 10.1. The summed E-state index contributed by atoms with van der Waals surface area (Å²) in [7, 11) is 0. The summed E-state index contributed by atoms with van der Waals surface area (Å²) >= 11 is 3.46. The van der Waals surface area contributed by atoms with Crippen molar-refractivity contribution >= 4 is 26.8 Å². The summed E-state index contributed by atoms with van der Waals surface area (Å²) in [6.45, 7) is 4.08. The minimum atomic E-state index is 0.929. The molecule has 1 aromatic heterocycles. The molecule has 0 atom stereocenters. The molecule has 0 amide bonds. The van der Waals surface area contributed by atoms with E-state index < -0.39 is 0 Å². The summed E-state index contributed by atoms with van der Waals surface area (Å²) in [5, 5.41) is 5.91. The monoisotopic (exact) mass is 320 g/mol. The molecule has 0 saturated heterocycles. The lowest BCUT2D eigenvalue weighted by Crippen LogP contribution is -2.15. The van der Waals surface area contributed by atoms with Gasteiger partial charge >= 0.3 is 0 Å². The number of aryl methyl sites for hydroxylation is 1. The van der Waals surface area contributed by atoms with Gasteiger partial charge in [0, 0.05) is 23.0 Å². The van der Waals surface area contributed by atoms with Crippen LogP contribution in [0.1, 0.15) is 30.5 Å². The Labute approximate surface area is 123 Å². The third kappa shape index (κ3) is 4.29. The van der Waals surface area contributed by atoms with Gasteiger partial charge in [0.1, 0.15) is 0 Å². The number of hydrogen-bond donors (Lipinski definition) is 1. The summed E-state index contributed by atoms with van der Waals surface area (Å²) in [4.78, 5) is 4.57. The van der Waals surface area contributed by atoms with Gasteiger partial charge in [-0.05, 0) is 44.0 Å². The Morgan fingerprint density at radius 1 is 1.16 bits per heavy atom. The standard InChI is InChI=1S/C16H21BrN2/c1-13-11-14(12-18-10-6-2-5-9-17)15-7-3-4-8-16(15)19-13/h3-4,7-8,11,18H,2,5-6,9-10,12H2,1H3. The highest BCUT2D eigenvalue weighted by Gasteiger charge is 2.02. The van der Waals surface area contributed by atoms with Gasteiger partial charge in [-0.1, -0.05) is 40.5 Å². The molecule has 2 aromatic rings. The van der Waals surface area contributed by atoms with Crippen molar-refractivity contribution in [1.82, 2.24) is 10.3 Å². The van der Waals surface area contributed by atoms with Gasteiger partial charge in [-0.25, -0.2) is 0 Å². The van der Waals surface area contributed by atoms with Crippen molar-refractivity contribution in [3.8, 4) is 0 Å². The molecular weight excluding hydrogens is 300 g/mol. The molecule has 0 aliphatic rings. The molecule has 3 heteroatoms.